The highest BCUT2D eigenvalue weighted by Crippen LogP contribution is 2.31. The molecule has 5 aromatic rings. The lowest BCUT2D eigenvalue weighted by molar-refractivity contribution is -0.139. The molecule has 2 aromatic heterocycles. The van der Waals surface area contributed by atoms with Crippen LogP contribution in [0.3, 0.4) is 0 Å². The maximum atomic E-state index is 14.1. The Morgan fingerprint density at radius 3 is 2.48 bits per heavy atom. The zero-order valence-corrected chi connectivity index (χ0v) is 24.2. The number of hydrogen-bond donors (Lipinski definition) is 0. The highest BCUT2D eigenvalue weighted by molar-refractivity contribution is 7.07. The number of rotatable bonds is 6. The SMILES string of the molecule is CCOC(=O)C1=C(C)N=c2sc(=Cc3cn(-c4ccccc4)nc3-c3ccc(Cl)cc3)c(=O)n2C1c1ccc(F)cc1. The molecule has 0 fully saturated rings. The van der Waals surface area contributed by atoms with Gasteiger partial charge < -0.3 is 4.74 Å². The number of para-hydroxylation sites is 1. The first-order chi connectivity index (χ1) is 20.3. The lowest BCUT2D eigenvalue weighted by Gasteiger charge is -2.24. The zero-order valence-electron chi connectivity index (χ0n) is 22.6. The summed E-state index contributed by atoms with van der Waals surface area (Å²) >= 11 is 7.35. The second-order valence-electron chi connectivity index (χ2n) is 9.57. The van der Waals surface area contributed by atoms with E-state index in [1.54, 1.807) is 48.9 Å². The molecule has 10 heteroatoms. The summed E-state index contributed by atoms with van der Waals surface area (Å²) in [7, 11) is 0. The van der Waals surface area contributed by atoms with Gasteiger partial charge in [0.25, 0.3) is 5.56 Å². The third kappa shape index (κ3) is 5.13. The Hall–Kier alpha value is -4.60. The molecule has 7 nitrogen and oxygen atoms in total. The Morgan fingerprint density at radius 2 is 1.79 bits per heavy atom. The molecule has 1 unspecified atom stereocenters. The summed E-state index contributed by atoms with van der Waals surface area (Å²) in [4.78, 5) is 32.2. The van der Waals surface area contributed by atoms with Gasteiger partial charge in [-0.15, -0.1) is 0 Å². The predicted molar refractivity (Wildman–Crippen MR) is 161 cm³/mol. The third-order valence-electron chi connectivity index (χ3n) is 6.87. The molecule has 3 heterocycles. The molecule has 210 valence electrons. The lowest BCUT2D eigenvalue weighted by atomic mass is 9.96. The van der Waals surface area contributed by atoms with Crippen LogP contribution < -0.4 is 14.9 Å². The predicted octanol–water partition coefficient (Wildman–Crippen LogP) is 5.44. The minimum Gasteiger partial charge on any atom is -0.463 e. The van der Waals surface area contributed by atoms with Crippen molar-refractivity contribution in [2.45, 2.75) is 19.9 Å². The number of ether oxygens (including phenoxy) is 1. The number of thiazole rings is 1. The topological polar surface area (TPSA) is 78.5 Å². The maximum absolute atomic E-state index is 14.1. The average molecular weight is 599 g/mol. The number of fused-ring (bicyclic) bond motifs is 1. The van der Waals surface area contributed by atoms with Crippen LogP contribution in [-0.4, -0.2) is 26.9 Å². The van der Waals surface area contributed by atoms with Crippen molar-refractivity contribution in [3.8, 4) is 16.9 Å². The molecule has 0 amide bonds. The lowest BCUT2D eigenvalue weighted by Crippen LogP contribution is -2.39. The molecule has 6 rings (SSSR count). The fourth-order valence-corrected chi connectivity index (χ4v) is 6.09. The van der Waals surface area contributed by atoms with Crippen molar-refractivity contribution >= 4 is 35.0 Å². The summed E-state index contributed by atoms with van der Waals surface area (Å²) < 4.78 is 22.8. The summed E-state index contributed by atoms with van der Waals surface area (Å²) in [5, 5.41) is 5.44. The number of esters is 1. The van der Waals surface area contributed by atoms with Crippen molar-refractivity contribution in [3.05, 3.63) is 138 Å². The second kappa shape index (κ2) is 11.3. The Morgan fingerprint density at radius 1 is 1.07 bits per heavy atom. The molecule has 0 saturated carbocycles. The van der Waals surface area contributed by atoms with Gasteiger partial charge in [-0.1, -0.05) is 65.4 Å². The number of nitrogens with zero attached hydrogens (tertiary/aromatic N) is 4. The number of benzene rings is 3. The zero-order chi connectivity index (χ0) is 29.4. The number of halogens is 2. The van der Waals surface area contributed by atoms with Crippen molar-refractivity contribution in [3.63, 3.8) is 0 Å². The standard InChI is InChI=1S/C32H24ClFN4O3S/c1-3-41-31(40)27-19(2)35-32-38(29(27)21-11-15-24(34)16-12-21)30(39)26(42-32)17-22-18-37(25-7-5-4-6-8-25)36-28(22)20-9-13-23(33)14-10-20/h4-18,29H,3H2,1-2H3. The van der Waals surface area contributed by atoms with E-state index in [-0.39, 0.29) is 17.7 Å². The first kappa shape index (κ1) is 27.6. The van der Waals surface area contributed by atoms with Crippen LogP contribution in [0.2, 0.25) is 5.02 Å². The van der Waals surface area contributed by atoms with E-state index in [2.05, 4.69) is 4.99 Å². The van der Waals surface area contributed by atoms with E-state index in [1.807, 2.05) is 48.7 Å². The van der Waals surface area contributed by atoms with Crippen LogP contribution in [0.15, 0.2) is 106 Å². The molecule has 3 aromatic carbocycles. The van der Waals surface area contributed by atoms with Gasteiger partial charge in [0.15, 0.2) is 4.80 Å². The molecular weight excluding hydrogens is 575 g/mol. The summed E-state index contributed by atoms with van der Waals surface area (Å²) in [6.07, 6.45) is 3.65. The monoisotopic (exact) mass is 598 g/mol. The fourth-order valence-electron chi connectivity index (χ4n) is 4.93. The molecule has 0 bridgehead atoms. The highest BCUT2D eigenvalue weighted by atomic mass is 35.5. The van der Waals surface area contributed by atoms with Gasteiger partial charge in [0.05, 0.1) is 34.1 Å². The molecule has 42 heavy (non-hydrogen) atoms. The van der Waals surface area contributed by atoms with Gasteiger partial charge in [-0.05, 0) is 61.9 Å². The molecule has 1 atom stereocenters. The molecular formula is C32H24ClFN4O3S. The van der Waals surface area contributed by atoms with Gasteiger partial charge in [0.2, 0.25) is 0 Å². The van der Waals surface area contributed by atoms with Crippen LogP contribution in [0.4, 0.5) is 4.39 Å². The van der Waals surface area contributed by atoms with Gasteiger partial charge in [-0.3, -0.25) is 9.36 Å². The van der Waals surface area contributed by atoms with Crippen molar-refractivity contribution in [1.29, 1.82) is 0 Å². The number of allylic oxidation sites excluding steroid dienone is 1. The van der Waals surface area contributed by atoms with Gasteiger partial charge in [-0.2, -0.15) is 5.10 Å². The Bertz CT molecular complexity index is 2010. The second-order valence-corrected chi connectivity index (χ2v) is 11.0. The molecule has 0 spiro atoms. The number of carbonyl (C=O) groups is 1. The summed E-state index contributed by atoms with van der Waals surface area (Å²) in [5.74, 6) is -0.994. The number of carbonyl (C=O) groups excluding carboxylic acids is 1. The summed E-state index contributed by atoms with van der Waals surface area (Å²) in [6.45, 7) is 3.58. The van der Waals surface area contributed by atoms with Gasteiger partial charge >= 0.3 is 5.97 Å². The Kier molecular flexibility index (Phi) is 7.45. The van der Waals surface area contributed by atoms with Gasteiger partial charge in [-0.25, -0.2) is 18.9 Å². The minimum atomic E-state index is -0.828. The van der Waals surface area contributed by atoms with Crippen LogP contribution in [-0.2, 0) is 9.53 Å². The number of hydrogen-bond acceptors (Lipinski definition) is 6. The molecule has 0 saturated heterocycles. The van der Waals surface area contributed by atoms with Crippen LogP contribution >= 0.6 is 22.9 Å². The van der Waals surface area contributed by atoms with Crippen LogP contribution in [0.1, 0.15) is 31.0 Å². The fraction of sp³-hybridized carbons (Fsp3) is 0.125. The number of aromatic nitrogens is 3. The Balaban J connectivity index is 1.56. The molecule has 1 aliphatic heterocycles. The van der Waals surface area contributed by atoms with E-state index in [4.69, 9.17) is 21.4 Å². The average Bonchev–Trinajstić information content (AvgIpc) is 3.54. The van der Waals surface area contributed by atoms with E-state index in [0.29, 0.717) is 36.9 Å². The highest BCUT2D eigenvalue weighted by Gasteiger charge is 2.33. The van der Waals surface area contributed by atoms with Crippen molar-refractivity contribution in [2.75, 3.05) is 6.61 Å². The first-order valence-electron chi connectivity index (χ1n) is 13.2. The van der Waals surface area contributed by atoms with Crippen LogP contribution in [0.25, 0.3) is 23.0 Å². The largest absolute Gasteiger partial charge is 0.463 e. The van der Waals surface area contributed by atoms with E-state index in [9.17, 15) is 14.0 Å². The molecule has 0 radical (unpaired) electrons. The molecule has 0 N–H and O–H groups in total. The van der Waals surface area contributed by atoms with E-state index in [1.165, 1.54) is 28.0 Å². The van der Waals surface area contributed by atoms with E-state index < -0.39 is 17.8 Å². The maximum Gasteiger partial charge on any atom is 0.338 e. The first-order valence-corrected chi connectivity index (χ1v) is 14.4. The minimum absolute atomic E-state index is 0.162. The molecule has 0 aliphatic carbocycles. The van der Waals surface area contributed by atoms with Crippen molar-refractivity contribution in [1.82, 2.24) is 14.3 Å². The van der Waals surface area contributed by atoms with E-state index in [0.717, 1.165) is 11.3 Å². The summed E-state index contributed by atoms with van der Waals surface area (Å²) in [6, 6.07) is 21.9. The van der Waals surface area contributed by atoms with E-state index >= 15 is 0 Å². The van der Waals surface area contributed by atoms with Crippen LogP contribution in [0, 0.1) is 5.82 Å². The quantitative estimate of drug-likeness (QED) is 0.244. The smallest absolute Gasteiger partial charge is 0.338 e. The van der Waals surface area contributed by atoms with Crippen LogP contribution in [0.5, 0.6) is 0 Å². The van der Waals surface area contributed by atoms with Gasteiger partial charge in [0.1, 0.15) is 11.5 Å². The van der Waals surface area contributed by atoms with Gasteiger partial charge in [0, 0.05) is 22.3 Å². The summed E-state index contributed by atoms with van der Waals surface area (Å²) in [5.41, 5.74) is 3.98. The van der Waals surface area contributed by atoms with Crippen molar-refractivity contribution in [2.24, 2.45) is 4.99 Å². The Labute approximate surface area is 249 Å². The third-order valence-corrected chi connectivity index (χ3v) is 8.11. The van der Waals surface area contributed by atoms with Crippen molar-refractivity contribution < 1.29 is 13.9 Å². The molecule has 1 aliphatic rings. The normalized spacial score (nSPS) is 15.0.